The Kier molecular flexibility index (Phi) is 9.52. The summed E-state index contributed by atoms with van der Waals surface area (Å²) in [6.07, 6.45) is 0.595. The van der Waals surface area contributed by atoms with Gasteiger partial charge in [-0.3, -0.25) is 10.9 Å². The Morgan fingerprint density at radius 2 is 1.79 bits per heavy atom. The average molecular weight is 470 g/mol. The summed E-state index contributed by atoms with van der Waals surface area (Å²) in [4.78, 5) is 12.1. The van der Waals surface area contributed by atoms with Crippen molar-refractivity contribution in [3.8, 4) is 23.6 Å². The molecular formula is C23H27N5O4S. The first kappa shape index (κ1) is 25.5. The number of amides is 2. The first-order valence-electron chi connectivity index (χ1n) is 10.3. The second kappa shape index (κ2) is 12.3. The van der Waals surface area contributed by atoms with Crippen molar-refractivity contribution < 1.29 is 17.9 Å². The van der Waals surface area contributed by atoms with Crippen LogP contribution in [-0.4, -0.2) is 28.6 Å². The monoisotopic (exact) mass is 469 g/mol. The van der Waals surface area contributed by atoms with E-state index in [1.165, 1.54) is 17.7 Å². The minimum absolute atomic E-state index is 0.0760. The van der Waals surface area contributed by atoms with Gasteiger partial charge in [0.15, 0.2) is 5.75 Å². The molecule has 9 nitrogen and oxygen atoms in total. The molecule has 0 aliphatic heterocycles. The molecule has 0 radical (unpaired) electrons. The summed E-state index contributed by atoms with van der Waals surface area (Å²) in [5.74, 6) is 0.895. The first-order valence-corrected chi connectivity index (χ1v) is 11.5. The number of hydrazine groups is 1. The zero-order valence-corrected chi connectivity index (χ0v) is 19.8. The molecule has 33 heavy (non-hydrogen) atoms. The van der Waals surface area contributed by atoms with Gasteiger partial charge >= 0.3 is 6.03 Å². The van der Waals surface area contributed by atoms with Gasteiger partial charge < -0.3 is 14.2 Å². The molecule has 0 fully saturated rings. The number of nitrogens with zero attached hydrogens (tertiary/aromatic N) is 2. The van der Waals surface area contributed by atoms with Crippen molar-refractivity contribution in [3.63, 3.8) is 0 Å². The molecular weight excluding hydrogens is 442 g/mol. The van der Waals surface area contributed by atoms with Crippen LogP contribution in [0.1, 0.15) is 42.5 Å². The van der Waals surface area contributed by atoms with Crippen molar-refractivity contribution in [2.45, 2.75) is 39.4 Å². The molecule has 0 heterocycles. The number of benzene rings is 2. The lowest BCUT2D eigenvalue weighted by Crippen LogP contribution is -2.39. The molecule has 174 valence electrons. The third-order valence-electron chi connectivity index (χ3n) is 4.42. The van der Waals surface area contributed by atoms with E-state index in [0.717, 1.165) is 11.3 Å². The number of rotatable bonds is 10. The number of anilines is 1. The van der Waals surface area contributed by atoms with Gasteiger partial charge in [0.05, 0.1) is 28.7 Å². The van der Waals surface area contributed by atoms with Crippen molar-refractivity contribution >= 4 is 22.8 Å². The van der Waals surface area contributed by atoms with Gasteiger partial charge in [-0.15, -0.1) is 0 Å². The standard InChI is InChI=1S/C23H27N5O4S/c1-15(2)33(30)32-22-12-19(14-25)18(13-24)11-20(22)27-28-23(29)26-8-5-9-31-21-7-6-16(3)10-17(21)4/h6-7,10-12,15,27H,5,8-9H2,1-4H3,(H2,26,28,29). The number of hydrogen-bond acceptors (Lipinski definition) is 7. The molecule has 0 aromatic heterocycles. The van der Waals surface area contributed by atoms with Crippen LogP contribution in [0.15, 0.2) is 30.3 Å². The van der Waals surface area contributed by atoms with Gasteiger partial charge in [0, 0.05) is 12.6 Å². The summed E-state index contributed by atoms with van der Waals surface area (Å²) >= 11 is -1.67. The predicted octanol–water partition coefficient (Wildman–Crippen LogP) is 3.59. The Labute approximate surface area is 196 Å². The number of hydrogen-bond donors (Lipinski definition) is 3. The highest BCUT2D eigenvalue weighted by Gasteiger charge is 2.16. The predicted molar refractivity (Wildman–Crippen MR) is 126 cm³/mol. The quantitative estimate of drug-likeness (QED) is 0.357. The highest BCUT2D eigenvalue weighted by atomic mass is 32.2. The van der Waals surface area contributed by atoms with E-state index in [4.69, 9.17) is 8.92 Å². The molecule has 1 unspecified atom stereocenters. The molecule has 2 rings (SSSR count). The summed E-state index contributed by atoms with van der Waals surface area (Å²) in [7, 11) is 0. The molecule has 1 atom stereocenters. The van der Waals surface area contributed by atoms with Crippen LogP contribution in [-0.2, 0) is 11.1 Å². The molecule has 0 saturated carbocycles. The van der Waals surface area contributed by atoms with Gasteiger partial charge in [0.2, 0.25) is 11.1 Å². The smallest absolute Gasteiger partial charge is 0.333 e. The highest BCUT2D eigenvalue weighted by Crippen LogP contribution is 2.29. The highest BCUT2D eigenvalue weighted by molar-refractivity contribution is 7.81. The maximum absolute atomic E-state index is 12.1. The Balaban J connectivity index is 1.89. The van der Waals surface area contributed by atoms with E-state index in [0.29, 0.717) is 19.6 Å². The maximum atomic E-state index is 12.1. The molecule has 3 N–H and O–H groups in total. The number of aryl methyl sites for hydroxylation is 2. The van der Waals surface area contributed by atoms with Crippen LogP contribution < -0.4 is 25.1 Å². The number of urea groups is 1. The second-order valence-electron chi connectivity index (χ2n) is 7.49. The minimum Gasteiger partial charge on any atom is -0.493 e. The van der Waals surface area contributed by atoms with Crippen LogP contribution in [0, 0.1) is 36.5 Å². The average Bonchev–Trinajstić information content (AvgIpc) is 2.78. The van der Waals surface area contributed by atoms with E-state index in [-0.39, 0.29) is 27.8 Å². The van der Waals surface area contributed by atoms with Crippen LogP contribution in [0.3, 0.4) is 0 Å². The van der Waals surface area contributed by atoms with Crippen LogP contribution in [0.4, 0.5) is 10.5 Å². The van der Waals surface area contributed by atoms with Gasteiger partial charge in [0.1, 0.15) is 17.9 Å². The van der Waals surface area contributed by atoms with Gasteiger partial charge in [-0.05, 0) is 51.8 Å². The fourth-order valence-electron chi connectivity index (χ4n) is 2.70. The zero-order valence-electron chi connectivity index (χ0n) is 19.0. The van der Waals surface area contributed by atoms with Crippen molar-refractivity contribution in [3.05, 3.63) is 52.6 Å². The minimum atomic E-state index is -1.67. The summed E-state index contributed by atoms with van der Waals surface area (Å²) in [6.45, 7) is 8.25. The lowest BCUT2D eigenvalue weighted by atomic mass is 10.1. The van der Waals surface area contributed by atoms with E-state index in [1.807, 2.05) is 44.2 Å². The van der Waals surface area contributed by atoms with E-state index in [1.54, 1.807) is 13.8 Å². The lowest BCUT2D eigenvalue weighted by molar-refractivity contribution is 0.241. The Morgan fingerprint density at radius 1 is 1.09 bits per heavy atom. The molecule has 2 aromatic rings. The van der Waals surface area contributed by atoms with Crippen LogP contribution >= 0.6 is 0 Å². The molecule has 2 amide bonds. The lowest BCUT2D eigenvalue weighted by Gasteiger charge is -2.15. The van der Waals surface area contributed by atoms with Crippen LogP contribution in [0.2, 0.25) is 0 Å². The molecule has 10 heteroatoms. The fourth-order valence-corrected chi connectivity index (χ4v) is 3.21. The van der Waals surface area contributed by atoms with Gasteiger partial charge in [0.25, 0.3) is 0 Å². The van der Waals surface area contributed by atoms with Gasteiger partial charge in [-0.1, -0.05) is 17.7 Å². The fraction of sp³-hybridized carbons (Fsp3) is 0.348. The molecule has 0 aliphatic carbocycles. The molecule has 0 aliphatic rings. The largest absolute Gasteiger partial charge is 0.493 e. The summed E-state index contributed by atoms with van der Waals surface area (Å²) in [5.41, 5.74) is 7.68. The summed E-state index contributed by atoms with van der Waals surface area (Å²) in [6, 6.07) is 11.9. The number of nitriles is 2. The number of carbonyl (C=O) groups is 1. The first-order chi connectivity index (χ1) is 15.7. The number of carbonyl (C=O) groups excluding carboxylic acids is 1. The normalized spacial score (nSPS) is 11.1. The number of ether oxygens (including phenoxy) is 1. The summed E-state index contributed by atoms with van der Waals surface area (Å²) < 4.78 is 23.2. The topological polar surface area (TPSA) is 136 Å². The SMILES string of the molecule is Cc1ccc(OCCCNC(=O)NNc2cc(C#N)c(C#N)cc2OS(=O)C(C)C)c(C)c1. The Morgan fingerprint density at radius 3 is 2.42 bits per heavy atom. The Hall–Kier alpha value is -3.76. The molecule has 0 spiro atoms. The Bertz CT molecular complexity index is 1110. The summed E-state index contributed by atoms with van der Waals surface area (Å²) in [5, 5.41) is 20.9. The van der Waals surface area contributed by atoms with Crippen molar-refractivity contribution in [1.29, 1.82) is 10.5 Å². The molecule has 0 bridgehead atoms. The maximum Gasteiger partial charge on any atom is 0.333 e. The second-order valence-corrected chi connectivity index (χ2v) is 9.12. The third kappa shape index (κ3) is 7.70. The van der Waals surface area contributed by atoms with E-state index in [9.17, 15) is 19.5 Å². The van der Waals surface area contributed by atoms with Gasteiger partial charge in [-0.2, -0.15) is 10.5 Å². The van der Waals surface area contributed by atoms with E-state index >= 15 is 0 Å². The van der Waals surface area contributed by atoms with Gasteiger partial charge in [-0.25, -0.2) is 9.00 Å². The van der Waals surface area contributed by atoms with Crippen LogP contribution in [0.5, 0.6) is 11.5 Å². The number of nitrogens with one attached hydrogen (secondary N) is 3. The van der Waals surface area contributed by atoms with E-state index < -0.39 is 17.1 Å². The van der Waals surface area contributed by atoms with Crippen molar-refractivity contribution in [1.82, 2.24) is 10.7 Å². The van der Waals surface area contributed by atoms with E-state index in [2.05, 4.69) is 16.2 Å². The zero-order chi connectivity index (χ0) is 24.4. The molecule has 2 aromatic carbocycles. The van der Waals surface area contributed by atoms with Crippen LogP contribution in [0.25, 0.3) is 0 Å². The third-order valence-corrected chi connectivity index (χ3v) is 5.54. The van der Waals surface area contributed by atoms with Crippen molar-refractivity contribution in [2.24, 2.45) is 0 Å². The van der Waals surface area contributed by atoms with Crippen molar-refractivity contribution in [2.75, 3.05) is 18.6 Å². The molecule has 0 saturated heterocycles.